The molecule has 1 spiro atoms. The Bertz CT molecular complexity index is 1260. The first kappa shape index (κ1) is 26.2. The van der Waals surface area contributed by atoms with Gasteiger partial charge in [0.05, 0.1) is 26.0 Å². The van der Waals surface area contributed by atoms with E-state index in [4.69, 9.17) is 18.9 Å². The molecule has 0 aliphatic carbocycles. The van der Waals surface area contributed by atoms with Crippen LogP contribution in [0.4, 0.5) is 13.2 Å². The Morgan fingerprint density at radius 3 is 2.71 bits per heavy atom. The maximum atomic E-state index is 13.9. The Kier molecular flexibility index (Phi) is 7.43. The largest absolute Gasteiger partial charge is 0.457 e. The minimum atomic E-state index is -1.60. The van der Waals surface area contributed by atoms with Gasteiger partial charge in [0.2, 0.25) is 0 Å². The molecule has 38 heavy (non-hydrogen) atoms. The molecule has 202 valence electrons. The molecule has 2 saturated heterocycles. The van der Waals surface area contributed by atoms with E-state index in [-0.39, 0.29) is 17.9 Å². The SMILES string of the molecule is CC(=O)O[C@@H]1[C@H](n2cc(-c3cc(F)c(F)c(F)c3)nn2)[C@@H](OCc2cccnc2)[C@]2(CCCO2)O[C@@H]1CO. The predicted octanol–water partition coefficient (Wildman–Crippen LogP) is 2.71. The number of halogens is 3. The zero-order chi connectivity index (χ0) is 26.9. The number of aromatic nitrogens is 4. The highest BCUT2D eigenvalue weighted by molar-refractivity contribution is 5.66. The van der Waals surface area contributed by atoms with Gasteiger partial charge in [-0.1, -0.05) is 11.3 Å². The Labute approximate surface area is 215 Å². The lowest BCUT2D eigenvalue weighted by Gasteiger charge is -2.50. The molecule has 5 rings (SSSR count). The van der Waals surface area contributed by atoms with E-state index in [0.29, 0.717) is 19.4 Å². The fraction of sp³-hybridized carbons (Fsp3) is 0.440. The van der Waals surface area contributed by atoms with Crippen molar-refractivity contribution in [1.29, 1.82) is 0 Å². The van der Waals surface area contributed by atoms with Gasteiger partial charge in [-0.2, -0.15) is 0 Å². The van der Waals surface area contributed by atoms with Gasteiger partial charge in [0.1, 0.15) is 23.9 Å². The van der Waals surface area contributed by atoms with Crippen molar-refractivity contribution in [3.8, 4) is 11.3 Å². The lowest BCUT2D eigenvalue weighted by atomic mass is 9.88. The van der Waals surface area contributed by atoms with Crippen LogP contribution in [0.2, 0.25) is 0 Å². The van der Waals surface area contributed by atoms with Crippen LogP contribution in [0.25, 0.3) is 11.3 Å². The maximum Gasteiger partial charge on any atom is 0.303 e. The van der Waals surface area contributed by atoms with Crippen LogP contribution in [0, 0.1) is 17.5 Å². The average molecular weight is 534 g/mol. The third kappa shape index (κ3) is 5.01. The van der Waals surface area contributed by atoms with Crippen LogP contribution in [-0.4, -0.2) is 68.4 Å². The number of esters is 1. The van der Waals surface area contributed by atoms with Crippen molar-refractivity contribution in [3.63, 3.8) is 0 Å². The van der Waals surface area contributed by atoms with E-state index < -0.39 is 60.2 Å². The van der Waals surface area contributed by atoms with Crippen LogP contribution in [0.3, 0.4) is 0 Å². The molecule has 1 N–H and O–H groups in total. The summed E-state index contributed by atoms with van der Waals surface area (Å²) in [4.78, 5) is 16.2. The van der Waals surface area contributed by atoms with Crippen molar-refractivity contribution in [3.05, 3.63) is 65.9 Å². The number of hydrogen-bond acceptors (Lipinski definition) is 9. The van der Waals surface area contributed by atoms with E-state index in [2.05, 4.69) is 15.3 Å². The zero-order valence-electron chi connectivity index (χ0n) is 20.3. The molecule has 1 aromatic carbocycles. The fourth-order valence-electron chi connectivity index (χ4n) is 4.92. The molecule has 2 aromatic heterocycles. The van der Waals surface area contributed by atoms with Crippen molar-refractivity contribution >= 4 is 5.97 Å². The van der Waals surface area contributed by atoms with Crippen molar-refractivity contribution in [1.82, 2.24) is 20.0 Å². The first-order valence-electron chi connectivity index (χ1n) is 12.0. The van der Waals surface area contributed by atoms with E-state index in [1.165, 1.54) is 17.8 Å². The number of rotatable bonds is 7. The van der Waals surface area contributed by atoms with Gasteiger partial charge < -0.3 is 24.1 Å². The Morgan fingerprint density at radius 1 is 1.29 bits per heavy atom. The van der Waals surface area contributed by atoms with Crippen LogP contribution >= 0.6 is 0 Å². The number of aliphatic hydroxyl groups excluding tert-OH is 1. The van der Waals surface area contributed by atoms with Gasteiger partial charge in [0.15, 0.2) is 29.3 Å². The topological polar surface area (TPSA) is 118 Å². The third-order valence-electron chi connectivity index (χ3n) is 6.54. The molecular weight excluding hydrogens is 509 g/mol. The van der Waals surface area contributed by atoms with Crippen molar-refractivity contribution in [2.45, 2.75) is 56.5 Å². The number of hydrogen-bond donors (Lipinski definition) is 1. The molecular formula is C25H25F3N4O6. The quantitative estimate of drug-likeness (QED) is 0.361. The minimum Gasteiger partial charge on any atom is -0.457 e. The molecule has 13 heteroatoms. The standard InChI is InChI=1S/C25H25F3N4O6/c1-14(34)37-23-20(12-33)38-25(5-3-7-36-25)24(35-13-15-4-2-6-29-10-15)22(23)32-11-19(30-31-32)16-8-17(26)21(28)18(27)9-16/h2,4,6,8-11,20,22-24,33H,3,5,7,12-13H2,1H3/t20-,22+,23+,24-,25+/m1/s1. The summed E-state index contributed by atoms with van der Waals surface area (Å²) in [6.07, 6.45) is 2.66. The molecule has 0 unspecified atom stereocenters. The molecule has 2 aliphatic rings. The highest BCUT2D eigenvalue weighted by atomic mass is 19.2. The highest BCUT2D eigenvalue weighted by Gasteiger charge is 2.60. The molecule has 0 bridgehead atoms. The minimum absolute atomic E-state index is 0.0313. The summed E-state index contributed by atoms with van der Waals surface area (Å²) in [6.45, 7) is 1.16. The summed E-state index contributed by atoms with van der Waals surface area (Å²) in [5, 5.41) is 18.3. The fourth-order valence-corrected chi connectivity index (χ4v) is 4.92. The molecule has 10 nitrogen and oxygen atoms in total. The summed E-state index contributed by atoms with van der Waals surface area (Å²) in [7, 11) is 0. The van der Waals surface area contributed by atoms with E-state index in [9.17, 15) is 23.1 Å². The lowest BCUT2D eigenvalue weighted by molar-refractivity contribution is -0.349. The second-order valence-corrected chi connectivity index (χ2v) is 9.10. The highest BCUT2D eigenvalue weighted by Crippen LogP contribution is 2.46. The Balaban J connectivity index is 1.57. The zero-order valence-corrected chi connectivity index (χ0v) is 20.3. The van der Waals surface area contributed by atoms with Gasteiger partial charge in [0.25, 0.3) is 0 Å². The molecule has 5 atom stereocenters. The lowest BCUT2D eigenvalue weighted by Crippen LogP contribution is -2.64. The normalized spacial score (nSPS) is 27.1. The Morgan fingerprint density at radius 2 is 2.08 bits per heavy atom. The van der Waals surface area contributed by atoms with Crippen LogP contribution in [0.1, 0.15) is 31.4 Å². The van der Waals surface area contributed by atoms with E-state index in [0.717, 1.165) is 17.7 Å². The molecule has 4 heterocycles. The van der Waals surface area contributed by atoms with Gasteiger partial charge in [0, 0.05) is 31.3 Å². The predicted molar refractivity (Wildman–Crippen MR) is 123 cm³/mol. The van der Waals surface area contributed by atoms with Crippen molar-refractivity contribution in [2.24, 2.45) is 0 Å². The van der Waals surface area contributed by atoms with Crippen LogP contribution in [0.15, 0.2) is 42.9 Å². The maximum absolute atomic E-state index is 13.9. The summed E-state index contributed by atoms with van der Waals surface area (Å²) in [5.41, 5.74) is 0.732. The monoisotopic (exact) mass is 534 g/mol. The van der Waals surface area contributed by atoms with Crippen LogP contribution < -0.4 is 0 Å². The van der Waals surface area contributed by atoms with Crippen molar-refractivity contribution < 1.29 is 42.0 Å². The van der Waals surface area contributed by atoms with Gasteiger partial charge in [-0.3, -0.25) is 9.78 Å². The molecule has 0 saturated carbocycles. The summed E-state index contributed by atoms with van der Waals surface area (Å²) in [5.74, 6) is -6.31. The molecule has 2 fully saturated rings. The number of nitrogens with zero attached hydrogens (tertiary/aromatic N) is 4. The smallest absolute Gasteiger partial charge is 0.303 e. The summed E-state index contributed by atoms with van der Waals surface area (Å²) in [6, 6.07) is 4.24. The van der Waals surface area contributed by atoms with E-state index >= 15 is 0 Å². The van der Waals surface area contributed by atoms with Gasteiger partial charge in [-0.25, -0.2) is 17.9 Å². The van der Waals surface area contributed by atoms with Gasteiger partial charge >= 0.3 is 5.97 Å². The number of ether oxygens (including phenoxy) is 4. The summed E-state index contributed by atoms with van der Waals surface area (Å²) < 4.78 is 66.8. The second kappa shape index (κ2) is 10.8. The van der Waals surface area contributed by atoms with Crippen molar-refractivity contribution in [2.75, 3.05) is 13.2 Å². The molecule has 2 aliphatic heterocycles. The first-order chi connectivity index (χ1) is 18.3. The van der Waals surface area contributed by atoms with Gasteiger partial charge in [-0.05, 0) is 30.2 Å². The van der Waals surface area contributed by atoms with E-state index in [1.54, 1.807) is 18.5 Å². The van der Waals surface area contributed by atoms with E-state index in [1.807, 2.05) is 6.07 Å². The molecule has 0 radical (unpaired) electrons. The number of pyridine rings is 1. The van der Waals surface area contributed by atoms with Crippen LogP contribution in [0.5, 0.6) is 0 Å². The molecule has 3 aromatic rings. The number of carbonyl (C=O) groups excluding carboxylic acids is 1. The Hall–Kier alpha value is -3.39. The van der Waals surface area contributed by atoms with Crippen LogP contribution in [-0.2, 0) is 30.3 Å². The number of carbonyl (C=O) groups is 1. The number of benzene rings is 1. The molecule has 0 amide bonds. The average Bonchev–Trinajstić information content (AvgIpc) is 3.58. The van der Waals surface area contributed by atoms with Gasteiger partial charge in [-0.15, -0.1) is 5.10 Å². The second-order valence-electron chi connectivity index (χ2n) is 9.10. The number of aliphatic hydroxyl groups is 1. The first-order valence-corrected chi connectivity index (χ1v) is 12.0. The summed E-state index contributed by atoms with van der Waals surface area (Å²) >= 11 is 0. The third-order valence-corrected chi connectivity index (χ3v) is 6.54.